The normalized spacial score (nSPS) is 26.2. The van der Waals surface area contributed by atoms with Gasteiger partial charge in [0.1, 0.15) is 5.54 Å². The summed E-state index contributed by atoms with van der Waals surface area (Å²) in [5.74, 6) is -0.515. The lowest BCUT2D eigenvalue weighted by molar-refractivity contribution is -0.104. The van der Waals surface area contributed by atoms with E-state index in [4.69, 9.17) is 4.74 Å². The molecule has 0 aromatic carbocycles. The van der Waals surface area contributed by atoms with Crippen molar-refractivity contribution < 1.29 is 14.2 Å². The fourth-order valence-electron chi connectivity index (χ4n) is 4.07. The van der Waals surface area contributed by atoms with Gasteiger partial charge in [-0.3, -0.25) is 4.68 Å². The number of nitrogens with zero attached hydrogens (tertiary/aromatic N) is 5. The molecule has 5 rings (SSSR count). The van der Waals surface area contributed by atoms with E-state index in [1.54, 1.807) is 26.2 Å². The minimum Gasteiger partial charge on any atom is -0.475 e. The number of aliphatic hydroxyl groups is 1. The Morgan fingerprint density at radius 2 is 1.97 bits per heavy atom. The Morgan fingerprint density at radius 3 is 2.62 bits per heavy atom. The van der Waals surface area contributed by atoms with Gasteiger partial charge in [0.25, 0.3) is 5.88 Å². The summed E-state index contributed by atoms with van der Waals surface area (Å²) < 4.78 is 21.5. The highest BCUT2D eigenvalue weighted by Crippen LogP contribution is 2.52. The Labute approximate surface area is 168 Å². The highest BCUT2D eigenvalue weighted by atomic mass is 19.1. The third kappa shape index (κ3) is 3.90. The van der Waals surface area contributed by atoms with Crippen LogP contribution in [-0.2, 0) is 5.54 Å². The van der Waals surface area contributed by atoms with Gasteiger partial charge in [0.15, 0.2) is 0 Å². The van der Waals surface area contributed by atoms with Crippen molar-refractivity contribution in [3.8, 4) is 11.9 Å². The molecular formula is C20H25FN6O2. The molecule has 0 amide bonds. The van der Waals surface area contributed by atoms with Crippen molar-refractivity contribution in [2.24, 2.45) is 5.41 Å². The van der Waals surface area contributed by atoms with Crippen LogP contribution in [0.1, 0.15) is 52.4 Å². The van der Waals surface area contributed by atoms with Gasteiger partial charge in [-0.1, -0.05) is 0 Å². The Morgan fingerprint density at radius 1 is 1.28 bits per heavy atom. The van der Waals surface area contributed by atoms with Gasteiger partial charge in [-0.25, -0.2) is 4.98 Å². The van der Waals surface area contributed by atoms with E-state index in [-0.39, 0.29) is 17.2 Å². The number of nitrogens with one attached hydrogen (secondary N) is 1. The molecule has 3 aliphatic rings. The van der Waals surface area contributed by atoms with E-state index >= 15 is 0 Å². The predicted molar refractivity (Wildman–Crippen MR) is 103 cm³/mol. The van der Waals surface area contributed by atoms with Gasteiger partial charge in [-0.05, 0) is 52.4 Å². The quantitative estimate of drug-likeness (QED) is 0.766. The van der Waals surface area contributed by atoms with Gasteiger partial charge in [-0.2, -0.15) is 19.7 Å². The number of nitriles is 1. The van der Waals surface area contributed by atoms with Gasteiger partial charge in [0.05, 0.1) is 42.6 Å². The van der Waals surface area contributed by atoms with E-state index in [1.807, 2.05) is 0 Å². The summed E-state index contributed by atoms with van der Waals surface area (Å²) >= 11 is 0. The maximum Gasteiger partial charge on any atom is 0.255 e. The summed E-state index contributed by atoms with van der Waals surface area (Å²) in [6, 6.07) is 2.17. The molecule has 3 fully saturated rings. The standard InChI is InChI=1S/C20H25FN6O2/c1-18(2,12-22)27-11-14(9-24-27)25-17-23-10-15(21)16(26-17)29-13-19-3-6-20(28,7-4-19)8-5-19/h9-11,28H,3-8,13H2,1-2H3,(H,23,25,26). The first-order valence-corrected chi connectivity index (χ1v) is 9.84. The van der Waals surface area contributed by atoms with Crippen LogP contribution in [0, 0.1) is 22.6 Å². The van der Waals surface area contributed by atoms with Crippen LogP contribution >= 0.6 is 0 Å². The van der Waals surface area contributed by atoms with E-state index in [0.717, 1.165) is 44.7 Å². The molecule has 0 saturated heterocycles. The number of hydrogen-bond acceptors (Lipinski definition) is 7. The molecule has 2 N–H and O–H groups in total. The summed E-state index contributed by atoms with van der Waals surface area (Å²) in [5.41, 5.74) is -0.727. The van der Waals surface area contributed by atoms with E-state index in [0.29, 0.717) is 12.3 Å². The lowest BCUT2D eigenvalue weighted by Gasteiger charge is -2.50. The molecule has 0 atom stereocenters. The fourth-order valence-corrected chi connectivity index (χ4v) is 4.07. The van der Waals surface area contributed by atoms with Crippen LogP contribution in [0.4, 0.5) is 16.0 Å². The Kier molecular flexibility index (Phi) is 4.69. The third-order valence-electron chi connectivity index (χ3n) is 6.27. The number of anilines is 2. The summed E-state index contributed by atoms with van der Waals surface area (Å²) in [7, 11) is 0. The largest absolute Gasteiger partial charge is 0.475 e. The molecule has 2 aromatic heterocycles. The van der Waals surface area contributed by atoms with Crippen LogP contribution in [0.3, 0.4) is 0 Å². The van der Waals surface area contributed by atoms with Crippen LogP contribution in [0.2, 0.25) is 0 Å². The van der Waals surface area contributed by atoms with Crippen molar-refractivity contribution in [3.63, 3.8) is 0 Å². The SMILES string of the molecule is CC(C)(C#N)n1cc(Nc2ncc(F)c(OCC34CCC(O)(CC3)CC4)n2)cn1. The van der Waals surface area contributed by atoms with Crippen molar-refractivity contribution in [2.75, 3.05) is 11.9 Å². The Hall–Kier alpha value is -2.73. The van der Waals surface area contributed by atoms with Gasteiger partial charge >= 0.3 is 0 Å². The molecule has 3 aliphatic carbocycles. The molecule has 8 nitrogen and oxygen atoms in total. The molecule has 154 valence electrons. The molecule has 29 heavy (non-hydrogen) atoms. The third-order valence-corrected chi connectivity index (χ3v) is 6.27. The second-order valence-corrected chi connectivity index (χ2v) is 8.83. The van der Waals surface area contributed by atoms with Gasteiger partial charge in [0.2, 0.25) is 11.8 Å². The smallest absolute Gasteiger partial charge is 0.255 e. The number of halogens is 1. The molecule has 0 unspecified atom stereocenters. The first kappa shape index (κ1) is 19.6. The van der Waals surface area contributed by atoms with Crippen LogP contribution in [-0.4, -0.2) is 37.1 Å². The van der Waals surface area contributed by atoms with Crippen molar-refractivity contribution in [1.29, 1.82) is 5.26 Å². The topological polar surface area (TPSA) is 109 Å². The minimum absolute atomic E-state index is 0.0144. The maximum absolute atomic E-state index is 14.2. The molecule has 2 bridgehead atoms. The predicted octanol–water partition coefficient (Wildman–Crippen LogP) is 3.28. The lowest BCUT2D eigenvalue weighted by Crippen LogP contribution is -2.48. The zero-order chi connectivity index (χ0) is 20.7. The summed E-state index contributed by atoms with van der Waals surface area (Å²) in [5, 5.41) is 26.7. The Bertz CT molecular complexity index is 926. The zero-order valence-corrected chi connectivity index (χ0v) is 16.7. The van der Waals surface area contributed by atoms with Crippen LogP contribution in [0.25, 0.3) is 0 Å². The average molecular weight is 400 g/mol. The highest BCUT2D eigenvalue weighted by Gasteiger charge is 2.48. The molecule has 3 saturated carbocycles. The van der Waals surface area contributed by atoms with Gasteiger partial charge < -0.3 is 15.2 Å². The second kappa shape index (κ2) is 6.95. The maximum atomic E-state index is 14.2. The van der Waals surface area contributed by atoms with Crippen LogP contribution in [0.5, 0.6) is 5.88 Å². The number of hydrogen-bond donors (Lipinski definition) is 2. The van der Waals surface area contributed by atoms with Crippen LogP contribution < -0.4 is 10.1 Å². The summed E-state index contributed by atoms with van der Waals surface area (Å²) in [6.45, 7) is 3.88. The van der Waals surface area contributed by atoms with E-state index in [1.165, 1.54) is 4.68 Å². The van der Waals surface area contributed by atoms with E-state index < -0.39 is 17.0 Å². The molecule has 2 aromatic rings. The first-order valence-electron chi connectivity index (χ1n) is 9.84. The molecular weight excluding hydrogens is 375 g/mol. The minimum atomic E-state index is -0.788. The van der Waals surface area contributed by atoms with Crippen molar-refractivity contribution in [2.45, 2.75) is 63.5 Å². The number of ether oxygens (including phenoxy) is 1. The summed E-state index contributed by atoms with van der Waals surface area (Å²) in [4.78, 5) is 8.13. The molecule has 0 aliphatic heterocycles. The van der Waals surface area contributed by atoms with Crippen molar-refractivity contribution in [3.05, 3.63) is 24.4 Å². The molecule has 2 heterocycles. The second-order valence-electron chi connectivity index (χ2n) is 8.83. The highest BCUT2D eigenvalue weighted by molar-refractivity contribution is 5.51. The van der Waals surface area contributed by atoms with Crippen molar-refractivity contribution in [1.82, 2.24) is 19.7 Å². The fraction of sp³-hybridized carbons (Fsp3) is 0.600. The Balaban J connectivity index is 1.44. The van der Waals surface area contributed by atoms with Gasteiger partial charge in [0, 0.05) is 5.41 Å². The molecule has 0 radical (unpaired) electrons. The number of rotatable bonds is 6. The van der Waals surface area contributed by atoms with Gasteiger partial charge in [-0.15, -0.1) is 0 Å². The zero-order valence-electron chi connectivity index (χ0n) is 16.7. The number of fused-ring (bicyclic) bond motifs is 3. The molecule has 9 heteroatoms. The van der Waals surface area contributed by atoms with E-state index in [9.17, 15) is 14.8 Å². The van der Waals surface area contributed by atoms with Crippen molar-refractivity contribution >= 4 is 11.6 Å². The lowest BCUT2D eigenvalue weighted by atomic mass is 9.59. The first-order chi connectivity index (χ1) is 13.7. The van der Waals surface area contributed by atoms with E-state index in [2.05, 4.69) is 26.5 Å². The monoisotopic (exact) mass is 400 g/mol. The summed E-state index contributed by atoms with van der Waals surface area (Å²) in [6.07, 6.45) is 9.28. The number of aromatic nitrogens is 4. The average Bonchev–Trinajstić information content (AvgIpc) is 3.19. The van der Waals surface area contributed by atoms with Crippen LogP contribution in [0.15, 0.2) is 18.6 Å². The molecule has 0 spiro atoms.